The first-order valence-corrected chi connectivity index (χ1v) is 9.86. The van der Waals surface area contributed by atoms with Crippen molar-refractivity contribution in [2.24, 2.45) is 0 Å². The molecule has 0 radical (unpaired) electrons. The van der Waals surface area contributed by atoms with E-state index in [0.29, 0.717) is 0 Å². The molecule has 4 aromatic rings. The second kappa shape index (κ2) is 7.86. The minimum atomic E-state index is 0.255. The van der Waals surface area contributed by atoms with Gasteiger partial charge in [-0.15, -0.1) is 11.3 Å². The molecule has 2 aromatic heterocycles. The van der Waals surface area contributed by atoms with Crippen molar-refractivity contribution in [3.8, 4) is 10.7 Å². The van der Waals surface area contributed by atoms with Gasteiger partial charge in [0, 0.05) is 11.9 Å². The summed E-state index contributed by atoms with van der Waals surface area (Å²) in [5.41, 5.74) is 2.24. The van der Waals surface area contributed by atoms with Crippen molar-refractivity contribution < 1.29 is 0 Å². The lowest BCUT2D eigenvalue weighted by Gasteiger charge is -2.25. The maximum atomic E-state index is 4.84. The lowest BCUT2D eigenvalue weighted by molar-refractivity contribution is 0.311. The highest BCUT2D eigenvalue weighted by atomic mass is 32.1. The Labute approximate surface area is 163 Å². The quantitative estimate of drug-likeness (QED) is 0.511. The van der Waals surface area contributed by atoms with Crippen LogP contribution < -0.4 is 5.32 Å². The molecule has 0 saturated carbocycles. The van der Waals surface area contributed by atoms with Crippen molar-refractivity contribution >= 4 is 28.1 Å². The average molecular weight is 375 g/mol. The zero-order valence-electron chi connectivity index (χ0n) is 15.5. The first-order chi connectivity index (χ1) is 13.2. The summed E-state index contributed by atoms with van der Waals surface area (Å²) in [5.74, 6) is 1.65. The first kappa shape index (κ1) is 17.6. The lowest BCUT2D eigenvalue weighted by atomic mass is 10.1. The van der Waals surface area contributed by atoms with Crippen LogP contribution >= 0.6 is 11.3 Å². The molecule has 0 aliphatic carbocycles. The van der Waals surface area contributed by atoms with Crippen LogP contribution in [0.15, 0.2) is 72.1 Å². The summed E-state index contributed by atoms with van der Waals surface area (Å²) < 4.78 is 0. The van der Waals surface area contributed by atoms with Crippen LogP contribution in [0.25, 0.3) is 21.6 Å². The molecule has 2 aromatic carbocycles. The molecule has 136 valence electrons. The Morgan fingerprint density at radius 3 is 2.44 bits per heavy atom. The summed E-state index contributed by atoms with van der Waals surface area (Å²) in [6.45, 7) is 0.766. The van der Waals surface area contributed by atoms with E-state index in [9.17, 15) is 0 Å². The van der Waals surface area contributed by atoms with Gasteiger partial charge in [-0.05, 0) is 43.2 Å². The van der Waals surface area contributed by atoms with Crippen molar-refractivity contribution in [2.45, 2.75) is 6.04 Å². The summed E-state index contributed by atoms with van der Waals surface area (Å²) in [6, 6.07) is 23.1. The number of anilines is 1. The fourth-order valence-corrected chi connectivity index (χ4v) is 3.85. The van der Waals surface area contributed by atoms with Gasteiger partial charge in [-0.2, -0.15) is 0 Å². The van der Waals surface area contributed by atoms with Gasteiger partial charge in [0.25, 0.3) is 0 Å². The third-order valence-corrected chi connectivity index (χ3v) is 5.48. The highest BCUT2D eigenvalue weighted by Gasteiger charge is 2.16. The van der Waals surface area contributed by atoms with E-state index >= 15 is 0 Å². The van der Waals surface area contributed by atoms with Crippen molar-refractivity contribution in [3.63, 3.8) is 0 Å². The molecule has 0 spiro atoms. The van der Waals surface area contributed by atoms with Crippen LogP contribution in [0.1, 0.15) is 11.6 Å². The molecule has 4 nitrogen and oxygen atoms in total. The zero-order valence-corrected chi connectivity index (χ0v) is 16.3. The van der Waals surface area contributed by atoms with Crippen molar-refractivity contribution in [3.05, 3.63) is 77.7 Å². The molecule has 4 rings (SSSR count). The number of fused-ring (bicyclic) bond motifs is 1. The van der Waals surface area contributed by atoms with Gasteiger partial charge in [0.15, 0.2) is 5.82 Å². The van der Waals surface area contributed by atoms with E-state index in [0.717, 1.165) is 34.0 Å². The number of hydrogen-bond acceptors (Lipinski definition) is 5. The number of rotatable bonds is 6. The minimum Gasteiger partial charge on any atom is -0.368 e. The molecule has 0 aliphatic heterocycles. The zero-order chi connectivity index (χ0) is 18.6. The predicted molar refractivity (Wildman–Crippen MR) is 114 cm³/mol. The third-order valence-electron chi connectivity index (χ3n) is 4.62. The van der Waals surface area contributed by atoms with E-state index < -0.39 is 0 Å². The second-order valence-corrected chi connectivity index (χ2v) is 7.61. The van der Waals surface area contributed by atoms with Gasteiger partial charge >= 0.3 is 0 Å². The predicted octanol–water partition coefficient (Wildman–Crippen LogP) is 5.07. The van der Waals surface area contributed by atoms with E-state index in [2.05, 4.69) is 72.2 Å². The summed E-state index contributed by atoms with van der Waals surface area (Å²) in [7, 11) is 4.21. The SMILES string of the molecule is CN(C)[C@@H](CNc1nc(-c2cccs2)nc2ccccc12)c1ccccc1. The molecule has 1 N–H and O–H groups in total. The molecule has 0 bridgehead atoms. The minimum absolute atomic E-state index is 0.255. The van der Waals surface area contributed by atoms with Crippen molar-refractivity contribution in [1.82, 2.24) is 14.9 Å². The number of likely N-dealkylation sites (N-methyl/N-ethyl adjacent to an activating group) is 1. The van der Waals surface area contributed by atoms with E-state index in [4.69, 9.17) is 9.97 Å². The van der Waals surface area contributed by atoms with Gasteiger partial charge in [-0.3, -0.25) is 0 Å². The highest BCUT2D eigenvalue weighted by Crippen LogP contribution is 2.28. The molecule has 1 atom stereocenters. The standard InChI is InChI=1S/C22H22N4S/c1-26(2)19(16-9-4-3-5-10-16)15-23-21-17-11-6-7-12-18(17)24-22(25-21)20-13-8-14-27-20/h3-14,19H,15H2,1-2H3,(H,23,24,25)/t19-/m0/s1. The van der Waals surface area contributed by atoms with Crippen LogP contribution in [0.4, 0.5) is 5.82 Å². The topological polar surface area (TPSA) is 41.0 Å². The molecule has 27 heavy (non-hydrogen) atoms. The molecule has 0 saturated heterocycles. The van der Waals surface area contributed by atoms with Gasteiger partial charge in [0.05, 0.1) is 16.4 Å². The molecule has 0 aliphatic rings. The van der Waals surface area contributed by atoms with Crippen LogP contribution in [0, 0.1) is 0 Å². The average Bonchev–Trinajstić information content (AvgIpc) is 3.23. The fourth-order valence-electron chi connectivity index (χ4n) is 3.19. The van der Waals surface area contributed by atoms with Crippen LogP contribution in [0.2, 0.25) is 0 Å². The van der Waals surface area contributed by atoms with Gasteiger partial charge in [0.2, 0.25) is 0 Å². The Balaban J connectivity index is 1.68. The number of nitrogens with one attached hydrogen (secondary N) is 1. The molecule has 0 fully saturated rings. The van der Waals surface area contributed by atoms with E-state index in [1.807, 2.05) is 24.3 Å². The summed E-state index contributed by atoms with van der Waals surface area (Å²) in [6.07, 6.45) is 0. The van der Waals surface area contributed by atoms with Crippen LogP contribution in [0.5, 0.6) is 0 Å². The Bertz CT molecular complexity index is 1010. The van der Waals surface area contributed by atoms with E-state index in [-0.39, 0.29) is 6.04 Å². The normalized spacial score (nSPS) is 12.4. The first-order valence-electron chi connectivity index (χ1n) is 8.98. The number of nitrogens with zero attached hydrogens (tertiary/aromatic N) is 3. The maximum Gasteiger partial charge on any atom is 0.172 e. The molecule has 0 amide bonds. The third kappa shape index (κ3) is 3.84. The van der Waals surface area contributed by atoms with E-state index in [1.54, 1.807) is 11.3 Å². The molecular formula is C22H22N4S. The molecular weight excluding hydrogens is 352 g/mol. The fraction of sp³-hybridized carbons (Fsp3) is 0.182. The van der Waals surface area contributed by atoms with Gasteiger partial charge in [0.1, 0.15) is 5.82 Å². The second-order valence-electron chi connectivity index (χ2n) is 6.66. The number of para-hydroxylation sites is 1. The van der Waals surface area contributed by atoms with Crippen LogP contribution in [-0.4, -0.2) is 35.5 Å². The Morgan fingerprint density at radius 2 is 1.70 bits per heavy atom. The highest BCUT2D eigenvalue weighted by molar-refractivity contribution is 7.13. The monoisotopic (exact) mass is 374 g/mol. The van der Waals surface area contributed by atoms with Crippen molar-refractivity contribution in [1.29, 1.82) is 0 Å². The lowest BCUT2D eigenvalue weighted by Crippen LogP contribution is -2.27. The summed E-state index contributed by atoms with van der Waals surface area (Å²) in [5, 5.41) is 6.68. The van der Waals surface area contributed by atoms with Crippen LogP contribution in [-0.2, 0) is 0 Å². The Kier molecular flexibility index (Phi) is 5.14. The summed E-state index contributed by atoms with van der Waals surface area (Å²) in [4.78, 5) is 12.9. The number of aromatic nitrogens is 2. The Morgan fingerprint density at radius 1 is 0.926 bits per heavy atom. The largest absolute Gasteiger partial charge is 0.368 e. The summed E-state index contributed by atoms with van der Waals surface area (Å²) >= 11 is 1.66. The van der Waals surface area contributed by atoms with Gasteiger partial charge in [-0.1, -0.05) is 48.5 Å². The molecule has 2 heterocycles. The van der Waals surface area contributed by atoms with Crippen molar-refractivity contribution in [2.75, 3.05) is 26.0 Å². The molecule has 5 heteroatoms. The van der Waals surface area contributed by atoms with Gasteiger partial charge < -0.3 is 10.2 Å². The molecule has 0 unspecified atom stereocenters. The Hall–Kier alpha value is -2.76. The maximum absolute atomic E-state index is 4.84. The number of hydrogen-bond donors (Lipinski definition) is 1. The smallest absolute Gasteiger partial charge is 0.172 e. The van der Waals surface area contributed by atoms with Gasteiger partial charge in [-0.25, -0.2) is 9.97 Å². The number of benzene rings is 2. The van der Waals surface area contributed by atoms with Crippen LogP contribution in [0.3, 0.4) is 0 Å². The number of thiophene rings is 1. The van der Waals surface area contributed by atoms with E-state index in [1.165, 1.54) is 5.56 Å².